The Hall–Kier alpha value is -1.06. The molecule has 1 aliphatic rings. The van der Waals surface area contributed by atoms with Crippen LogP contribution in [-0.2, 0) is 14.3 Å². The number of carbonyl (C=O) groups excluding carboxylic acids is 2. The summed E-state index contributed by atoms with van der Waals surface area (Å²) in [5.41, 5.74) is 0. The van der Waals surface area contributed by atoms with Gasteiger partial charge < -0.3 is 9.64 Å². The monoisotopic (exact) mass is 241 g/mol. The maximum absolute atomic E-state index is 12.2. The summed E-state index contributed by atoms with van der Waals surface area (Å²) in [6, 6.07) is 0.134. The van der Waals surface area contributed by atoms with Crippen LogP contribution in [-0.4, -0.2) is 36.5 Å². The fourth-order valence-electron chi connectivity index (χ4n) is 2.02. The molecular weight excluding hydrogens is 218 g/mol. The van der Waals surface area contributed by atoms with Crippen LogP contribution in [0, 0.1) is 11.8 Å². The SMILES string of the molecule is COC(=O)C(C)CN(C(=O)C1CCC1)C(C)C. The summed E-state index contributed by atoms with van der Waals surface area (Å²) in [4.78, 5) is 25.4. The first-order valence-electron chi connectivity index (χ1n) is 6.35. The predicted octanol–water partition coefficient (Wildman–Crippen LogP) is 1.83. The number of ether oxygens (including phenoxy) is 1. The molecule has 0 radical (unpaired) electrons. The molecule has 0 heterocycles. The lowest BCUT2D eigenvalue weighted by Gasteiger charge is -2.35. The molecular formula is C13H23NO3. The molecule has 1 atom stereocenters. The van der Waals surface area contributed by atoms with Crippen molar-refractivity contribution in [2.24, 2.45) is 11.8 Å². The highest BCUT2D eigenvalue weighted by molar-refractivity contribution is 5.81. The highest BCUT2D eigenvalue weighted by atomic mass is 16.5. The number of hydrogen-bond acceptors (Lipinski definition) is 3. The molecule has 98 valence electrons. The van der Waals surface area contributed by atoms with Crippen LogP contribution in [0.15, 0.2) is 0 Å². The highest BCUT2D eigenvalue weighted by Gasteiger charge is 2.32. The van der Waals surface area contributed by atoms with E-state index in [4.69, 9.17) is 4.74 Å². The maximum atomic E-state index is 12.2. The number of hydrogen-bond donors (Lipinski definition) is 0. The van der Waals surface area contributed by atoms with Gasteiger partial charge in [0.1, 0.15) is 0 Å². The first-order chi connectivity index (χ1) is 7.97. The van der Waals surface area contributed by atoms with Gasteiger partial charge >= 0.3 is 5.97 Å². The van der Waals surface area contributed by atoms with Crippen molar-refractivity contribution in [1.29, 1.82) is 0 Å². The zero-order valence-corrected chi connectivity index (χ0v) is 11.2. The summed E-state index contributed by atoms with van der Waals surface area (Å²) in [5.74, 6) is -0.132. The van der Waals surface area contributed by atoms with Gasteiger partial charge in [0.05, 0.1) is 13.0 Å². The molecule has 0 aromatic heterocycles. The number of methoxy groups -OCH3 is 1. The van der Waals surface area contributed by atoms with Crippen molar-refractivity contribution in [1.82, 2.24) is 4.90 Å². The average Bonchev–Trinajstić information content (AvgIpc) is 2.21. The third-order valence-electron chi connectivity index (χ3n) is 3.43. The average molecular weight is 241 g/mol. The molecule has 1 saturated carbocycles. The van der Waals surface area contributed by atoms with Gasteiger partial charge in [-0.2, -0.15) is 0 Å². The number of esters is 1. The molecule has 0 aromatic carbocycles. The molecule has 1 aliphatic carbocycles. The van der Waals surface area contributed by atoms with Gasteiger partial charge in [-0.1, -0.05) is 13.3 Å². The molecule has 0 spiro atoms. The minimum atomic E-state index is -0.258. The van der Waals surface area contributed by atoms with E-state index in [9.17, 15) is 9.59 Å². The van der Waals surface area contributed by atoms with Crippen molar-refractivity contribution in [3.63, 3.8) is 0 Å². The second-order valence-electron chi connectivity index (χ2n) is 5.14. The van der Waals surface area contributed by atoms with Gasteiger partial charge in [0.25, 0.3) is 0 Å². The standard InChI is InChI=1S/C13H23NO3/c1-9(2)14(8-10(3)13(16)17-4)12(15)11-6-5-7-11/h9-11H,5-8H2,1-4H3. The van der Waals surface area contributed by atoms with E-state index in [0.717, 1.165) is 19.3 Å². The molecule has 1 fully saturated rings. The number of carbonyl (C=O) groups is 2. The van der Waals surface area contributed by atoms with Gasteiger partial charge in [0.2, 0.25) is 5.91 Å². The van der Waals surface area contributed by atoms with Crippen LogP contribution in [0.4, 0.5) is 0 Å². The smallest absolute Gasteiger partial charge is 0.310 e. The van der Waals surface area contributed by atoms with Crippen molar-refractivity contribution in [3.8, 4) is 0 Å². The van der Waals surface area contributed by atoms with Crippen molar-refractivity contribution in [2.75, 3.05) is 13.7 Å². The summed E-state index contributed by atoms with van der Waals surface area (Å²) in [6.45, 7) is 6.23. The molecule has 1 amide bonds. The third kappa shape index (κ3) is 3.45. The maximum Gasteiger partial charge on any atom is 0.310 e. The Balaban J connectivity index is 2.59. The van der Waals surface area contributed by atoms with Crippen LogP contribution in [0.25, 0.3) is 0 Å². The summed E-state index contributed by atoms with van der Waals surface area (Å²) in [6.07, 6.45) is 3.14. The Labute approximate surface area is 103 Å². The fraction of sp³-hybridized carbons (Fsp3) is 0.846. The van der Waals surface area contributed by atoms with Gasteiger partial charge in [-0.05, 0) is 26.7 Å². The van der Waals surface area contributed by atoms with Gasteiger partial charge in [-0.15, -0.1) is 0 Å². The molecule has 0 N–H and O–H groups in total. The zero-order valence-electron chi connectivity index (χ0n) is 11.2. The molecule has 17 heavy (non-hydrogen) atoms. The van der Waals surface area contributed by atoms with Crippen LogP contribution in [0.5, 0.6) is 0 Å². The van der Waals surface area contributed by atoms with Crippen molar-refractivity contribution < 1.29 is 14.3 Å². The molecule has 4 nitrogen and oxygen atoms in total. The third-order valence-corrected chi connectivity index (χ3v) is 3.43. The first kappa shape index (κ1) is 14.0. The zero-order chi connectivity index (χ0) is 13.0. The van der Waals surface area contributed by atoms with Gasteiger partial charge in [0.15, 0.2) is 0 Å². The van der Waals surface area contributed by atoms with E-state index < -0.39 is 0 Å². The molecule has 0 bridgehead atoms. The van der Waals surface area contributed by atoms with Crippen LogP contribution in [0.3, 0.4) is 0 Å². The lowest BCUT2D eigenvalue weighted by molar-refractivity contribution is -0.148. The van der Waals surface area contributed by atoms with Crippen LogP contribution in [0.2, 0.25) is 0 Å². The number of nitrogens with zero attached hydrogens (tertiary/aromatic N) is 1. The van der Waals surface area contributed by atoms with E-state index in [-0.39, 0.29) is 29.8 Å². The van der Waals surface area contributed by atoms with Crippen LogP contribution >= 0.6 is 0 Å². The Morgan fingerprint density at radius 1 is 1.29 bits per heavy atom. The second kappa shape index (κ2) is 6.03. The molecule has 0 aliphatic heterocycles. The minimum absolute atomic E-state index is 0.134. The molecule has 0 saturated heterocycles. The van der Waals surface area contributed by atoms with Gasteiger partial charge in [-0.3, -0.25) is 9.59 Å². The van der Waals surface area contributed by atoms with Crippen molar-refractivity contribution in [3.05, 3.63) is 0 Å². The van der Waals surface area contributed by atoms with E-state index in [1.807, 2.05) is 18.7 Å². The molecule has 1 rings (SSSR count). The minimum Gasteiger partial charge on any atom is -0.469 e. The van der Waals surface area contributed by atoms with E-state index in [1.54, 1.807) is 6.92 Å². The largest absolute Gasteiger partial charge is 0.469 e. The Morgan fingerprint density at radius 2 is 1.88 bits per heavy atom. The molecule has 0 aromatic rings. The normalized spacial score (nSPS) is 17.5. The predicted molar refractivity (Wildman–Crippen MR) is 65.4 cm³/mol. The second-order valence-corrected chi connectivity index (χ2v) is 5.14. The van der Waals surface area contributed by atoms with Gasteiger partial charge in [0, 0.05) is 18.5 Å². The Morgan fingerprint density at radius 3 is 2.24 bits per heavy atom. The van der Waals surface area contributed by atoms with E-state index in [2.05, 4.69) is 0 Å². The fourth-order valence-corrected chi connectivity index (χ4v) is 2.02. The summed E-state index contributed by atoms with van der Waals surface area (Å²) < 4.78 is 4.70. The summed E-state index contributed by atoms with van der Waals surface area (Å²) in [7, 11) is 1.38. The molecule has 4 heteroatoms. The first-order valence-corrected chi connectivity index (χ1v) is 6.35. The van der Waals surface area contributed by atoms with E-state index >= 15 is 0 Å². The van der Waals surface area contributed by atoms with Crippen LogP contribution in [0.1, 0.15) is 40.0 Å². The lowest BCUT2D eigenvalue weighted by Crippen LogP contribution is -2.46. The Kier molecular flexibility index (Phi) is 4.97. The number of amides is 1. The highest BCUT2D eigenvalue weighted by Crippen LogP contribution is 2.29. The van der Waals surface area contributed by atoms with Crippen LogP contribution < -0.4 is 0 Å². The van der Waals surface area contributed by atoms with Crippen molar-refractivity contribution >= 4 is 11.9 Å². The van der Waals surface area contributed by atoms with E-state index in [0.29, 0.717) is 6.54 Å². The summed E-state index contributed by atoms with van der Waals surface area (Å²) >= 11 is 0. The van der Waals surface area contributed by atoms with Gasteiger partial charge in [-0.25, -0.2) is 0 Å². The lowest BCUT2D eigenvalue weighted by atomic mass is 9.84. The quantitative estimate of drug-likeness (QED) is 0.690. The summed E-state index contributed by atoms with van der Waals surface area (Å²) in [5, 5.41) is 0. The van der Waals surface area contributed by atoms with E-state index in [1.165, 1.54) is 7.11 Å². The molecule has 1 unspecified atom stereocenters. The Bertz CT molecular complexity index is 284. The topological polar surface area (TPSA) is 46.6 Å². The number of rotatable bonds is 5. The van der Waals surface area contributed by atoms with Crippen molar-refractivity contribution in [2.45, 2.75) is 46.1 Å².